The van der Waals surface area contributed by atoms with Crippen LogP contribution in [0.25, 0.3) is 0 Å². The molecule has 0 saturated heterocycles. The third-order valence-corrected chi connectivity index (χ3v) is 3.11. The maximum absolute atomic E-state index is 12.6. The zero-order valence-corrected chi connectivity index (χ0v) is 12.5. The van der Waals surface area contributed by atoms with Gasteiger partial charge >= 0.3 is 6.18 Å². The van der Waals surface area contributed by atoms with Crippen molar-refractivity contribution in [3.8, 4) is 17.2 Å². The summed E-state index contributed by atoms with van der Waals surface area (Å²) in [6.45, 7) is 0.272. The second-order valence-electron chi connectivity index (χ2n) is 4.52. The largest absolute Gasteiger partial charge is 0.493 e. The van der Waals surface area contributed by atoms with E-state index in [0.29, 0.717) is 17.9 Å². The quantitative estimate of drug-likeness (QED) is 0.539. The fourth-order valence-electron chi connectivity index (χ4n) is 1.72. The van der Waals surface area contributed by atoms with Crippen LogP contribution in [0.1, 0.15) is 12.0 Å². The van der Waals surface area contributed by atoms with Gasteiger partial charge in [0.1, 0.15) is 23.5 Å². The molecule has 0 bridgehead atoms. The molecular formula is C16H12ClF3O3. The molecule has 0 N–H and O–H groups in total. The molecule has 0 saturated carbocycles. The van der Waals surface area contributed by atoms with Crippen molar-refractivity contribution >= 4 is 17.9 Å². The Labute approximate surface area is 135 Å². The summed E-state index contributed by atoms with van der Waals surface area (Å²) in [6, 6.07) is 9.30. The number of carbonyl (C=O) groups is 1. The maximum Gasteiger partial charge on any atom is 0.416 e. The van der Waals surface area contributed by atoms with Gasteiger partial charge in [0.25, 0.3) is 0 Å². The van der Waals surface area contributed by atoms with Crippen LogP contribution in [-0.2, 0) is 11.0 Å². The molecule has 0 spiro atoms. The number of carbonyl (C=O) groups excluding carboxylic acids is 1. The molecule has 0 radical (unpaired) electrons. The van der Waals surface area contributed by atoms with E-state index in [4.69, 9.17) is 21.1 Å². The van der Waals surface area contributed by atoms with Gasteiger partial charge < -0.3 is 14.3 Å². The van der Waals surface area contributed by atoms with Gasteiger partial charge in [-0.05, 0) is 42.5 Å². The predicted octanol–water partition coefficient (Wildman–Crippen LogP) is 5.12. The minimum Gasteiger partial charge on any atom is -0.493 e. The smallest absolute Gasteiger partial charge is 0.416 e. The van der Waals surface area contributed by atoms with E-state index in [1.807, 2.05) is 0 Å². The van der Waals surface area contributed by atoms with Gasteiger partial charge in [0.05, 0.1) is 17.2 Å². The molecule has 7 heteroatoms. The highest BCUT2D eigenvalue weighted by Crippen LogP contribution is 2.36. The number of benzene rings is 2. The molecule has 0 heterocycles. The first-order chi connectivity index (χ1) is 10.9. The van der Waals surface area contributed by atoms with E-state index in [-0.39, 0.29) is 17.4 Å². The summed E-state index contributed by atoms with van der Waals surface area (Å²) in [5.74, 6) is 1.07. The molecule has 0 aliphatic carbocycles. The second kappa shape index (κ2) is 7.37. The molecular weight excluding hydrogens is 333 g/mol. The molecule has 3 nitrogen and oxygen atoms in total. The summed E-state index contributed by atoms with van der Waals surface area (Å²) < 4.78 is 48.4. The maximum atomic E-state index is 12.6. The molecule has 122 valence electrons. The highest BCUT2D eigenvalue weighted by molar-refractivity contribution is 6.32. The first-order valence-electron chi connectivity index (χ1n) is 6.61. The Balaban J connectivity index is 2.06. The number of alkyl halides is 3. The lowest BCUT2D eigenvalue weighted by molar-refractivity contribution is -0.137. The summed E-state index contributed by atoms with van der Waals surface area (Å²) in [6.07, 6.45) is -3.41. The number of hydrogen-bond donors (Lipinski definition) is 0. The topological polar surface area (TPSA) is 35.5 Å². The molecule has 2 rings (SSSR count). The summed E-state index contributed by atoms with van der Waals surface area (Å²) in [5.41, 5.74) is -0.839. The Kier molecular flexibility index (Phi) is 5.50. The van der Waals surface area contributed by atoms with Gasteiger partial charge in [0.15, 0.2) is 0 Å². The Morgan fingerprint density at radius 2 is 1.70 bits per heavy atom. The van der Waals surface area contributed by atoms with Crippen molar-refractivity contribution in [1.29, 1.82) is 0 Å². The van der Waals surface area contributed by atoms with Crippen molar-refractivity contribution in [2.24, 2.45) is 0 Å². The molecule has 23 heavy (non-hydrogen) atoms. The van der Waals surface area contributed by atoms with Gasteiger partial charge in [-0.3, -0.25) is 0 Å². The predicted molar refractivity (Wildman–Crippen MR) is 79.1 cm³/mol. The summed E-state index contributed by atoms with van der Waals surface area (Å²) in [5, 5.41) is -0.133. The number of halogens is 4. The van der Waals surface area contributed by atoms with Crippen molar-refractivity contribution < 1.29 is 27.4 Å². The van der Waals surface area contributed by atoms with E-state index in [2.05, 4.69) is 0 Å². The number of hydrogen-bond acceptors (Lipinski definition) is 3. The van der Waals surface area contributed by atoms with E-state index in [1.165, 1.54) is 6.07 Å². The molecule has 0 amide bonds. The van der Waals surface area contributed by atoms with Crippen LogP contribution >= 0.6 is 11.6 Å². The van der Waals surface area contributed by atoms with Gasteiger partial charge in [0.2, 0.25) is 0 Å². The molecule has 0 aromatic heterocycles. The summed E-state index contributed by atoms with van der Waals surface area (Å²) >= 11 is 5.82. The lowest BCUT2D eigenvalue weighted by Crippen LogP contribution is -2.04. The van der Waals surface area contributed by atoms with Crippen molar-refractivity contribution in [1.82, 2.24) is 0 Å². The zero-order chi connectivity index (χ0) is 16.9. The van der Waals surface area contributed by atoms with Gasteiger partial charge in [-0.25, -0.2) is 0 Å². The van der Waals surface area contributed by atoms with Crippen LogP contribution < -0.4 is 9.47 Å². The summed E-state index contributed by atoms with van der Waals surface area (Å²) in [7, 11) is 0. The first-order valence-corrected chi connectivity index (χ1v) is 6.99. The van der Waals surface area contributed by atoms with E-state index in [0.717, 1.165) is 18.4 Å². The molecule has 2 aromatic rings. The monoisotopic (exact) mass is 344 g/mol. The molecule has 2 aromatic carbocycles. The van der Waals surface area contributed by atoms with Crippen molar-refractivity contribution in [2.75, 3.05) is 6.61 Å². The van der Waals surface area contributed by atoms with Gasteiger partial charge in [0, 0.05) is 6.42 Å². The average molecular weight is 345 g/mol. The average Bonchev–Trinajstić information content (AvgIpc) is 2.50. The Bertz CT molecular complexity index is 669. The minimum atomic E-state index is -4.46. The van der Waals surface area contributed by atoms with Gasteiger partial charge in [-0.1, -0.05) is 11.6 Å². The van der Waals surface area contributed by atoms with Crippen molar-refractivity contribution in [3.63, 3.8) is 0 Å². The minimum absolute atomic E-state index is 0.120. The van der Waals surface area contributed by atoms with Gasteiger partial charge in [-0.2, -0.15) is 13.2 Å². The van der Waals surface area contributed by atoms with Crippen molar-refractivity contribution in [3.05, 3.63) is 53.1 Å². The van der Waals surface area contributed by atoms with Crippen LogP contribution in [0.3, 0.4) is 0 Å². The lowest BCUT2D eigenvalue weighted by Gasteiger charge is -2.11. The zero-order valence-electron chi connectivity index (χ0n) is 11.8. The van der Waals surface area contributed by atoms with Gasteiger partial charge in [-0.15, -0.1) is 0 Å². The molecule has 0 atom stereocenters. The molecule has 0 aliphatic heterocycles. The number of aldehydes is 1. The summed E-state index contributed by atoms with van der Waals surface area (Å²) in [4.78, 5) is 10.2. The number of rotatable bonds is 6. The normalized spacial score (nSPS) is 11.1. The fraction of sp³-hybridized carbons (Fsp3) is 0.188. The highest BCUT2D eigenvalue weighted by Gasteiger charge is 2.31. The standard InChI is InChI=1S/C16H12ClF3O3/c17-14-10-11(16(18,19)20)2-7-15(14)23-13-5-3-12(4-6-13)22-9-1-8-21/h2-8,10H,1,9H2. The molecule has 0 unspecified atom stereocenters. The van der Waals surface area contributed by atoms with E-state index >= 15 is 0 Å². The third kappa shape index (κ3) is 4.89. The third-order valence-electron chi connectivity index (χ3n) is 2.82. The van der Waals surface area contributed by atoms with E-state index < -0.39 is 11.7 Å². The van der Waals surface area contributed by atoms with Crippen LogP contribution in [0, 0.1) is 0 Å². The van der Waals surface area contributed by atoms with E-state index in [9.17, 15) is 18.0 Å². The molecule has 0 aliphatic rings. The number of ether oxygens (including phenoxy) is 2. The van der Waals surface area contributed by atoms with Crippen LogP contribution in [0.4, 0.5) is 13.2 Å². The van der Waals surface area contributed by atoms with Crippen LogP contribution in [-0.4, -0.2) is 12.9 Å². The Morgan fingerprint density at radius 3 is 2.26 bits per heavy atom. The van der Waals surface area contributed by atoms with Crippen LogP contribution in [0.5, 0.6) is 17.2 Å². The lowest BCUT2D eigenvalue weighted by atomic mass is 10.2. The molecule has 0 fully saturated rings. The first kappa shape index (κ1) is 17.1. The Hall–Kier alpha value is -2.21. The second-order valence-corrected chi connectivity index (χ2v) is 4.93. The van der Waals surface area contributed by atoms with E-state index in [1.54, 1.807) is 24.3 Å². The van der Waals surface area contributed by atoms with Crippen LogP contribution in [0.2, 0.25) is 5.02 Å². The SMILES string of the molecule is O=CCCOc1ccc(Oc2ccc(C(F)(F)F)cc2Cl)cc1. The van der Waals surface area contributed by atoms with Crippen LogP contribution in [0.15, 0.2) is 42.5 Å². The highest BCUT2D eigenvalue weighted by atomic mass is 35.5. The fourth-order valence-corrected chi connectivity index (χ4v) is 1.93. The Morgan fingerprint density at radius 1 is 1.04 bits per heavy atom. The van der Waals surface area contributed by atoms with Crippen molar-refractivity contribution in [2.45, 2.75) is 12.6 Å².